The molecule has 0 saturated heterocycles. The number of sulfonamides is 1. The van der Waals surface area contributed by atoms with Crippen LogP contribution in [0, 0.1) is 5.41 Å². The van der Waals surface area contributed by atoms with E-state index < -0.39 is 10.0 Å². The van der Waals surface area contributed by atoms with Crippen molar-refractivity contribution in [3.63, 3.8) is 0 Å². The summed E-state index contributed by atoms with van der Waals surface area (Å²) in [7, 11) is -3.62. The molecule has 1 aromatic carbocycles. The van der Waals surface area contributed by atoms with Gasteiger partial charge < -0.3 is 11.1 Å². The minimum absolute atomic E-state index is 0.0542. The van der Waals surface area contributed by atoms with Crippen LogP contribution in [0.2, 0.25) is 0 Å². The Bertz CT molecular complexity index is 537. The first-order chi connectivity index (χ1) is 8.21. The number of nitrogens with two attached hydrogens (primary N) is 2. The third-order valence-electron chi connectivity index (χ3n) is 3.87. The molecule has 0 aromatic heterocycles. The molecular weight excluding hydrogens is 250 g/mol. The molecule has 100 valence electrons. The summed E-state index contributed by atoms with van der Waals surface area (Å²) < 4.78 is 22.2. The molecule has 1 aliphatic carbocycles. The maximum absolute atomic E-state index is 11.1. The van der Waals surface area contributed by atoms with Crippen LogP contribution in [0.25, 0.3) is 0 Å². The third kappa shape index (κ3) is 2.36. The molecule has 5 N–H and O–H groups in total. The summed E-state index contributed by atoms with van der Waals surface area (Å²) in [5, 5.41) is 8.40. The van der Waals surface area contributed by atoms with Crippen molar-refractivity contribution in [3.05, 3.63) is 24.3 Å². The van der Waals surface area contributed by atoms with Crippen LogP contribution in [0.3, 0.4) is 0 Å². The highest BCUT2D eigenvalue weighted by atomic mass is 32.2. The molecule has 6 heteroatoms. The van der Waals surface area contributed by atoms with Gasteiger partial charge in [0.15, 0.2) is 0 Å². The standard InChI is InChI=1S/C12H19N3O2S/c1-12(2)10(13)7-11(12)15-8-3-5-9(6-4-8)18(14,16)17/h3-6,10-11,15H,7,13H2,1-2H3,(H2,14,16,17). The van der Waals surface area contributed by atoms with Crippen LogP contribution in [-0.4, -0.2) is 20.5 Å². The van der Waals surface area contributed by atoms with Gasteiger partial charge in [0.1, 0.15) is 0 Å². The number of hydrogen-bond acceptors (Lipinski definition) is 4. The zero-order valence-electron chi connectivity index (χ0n) is 10.6. The van der Waals surface area contributed by atoms with Gasteiger partial charge in [0.2, 0.25) is 10.0 Å². The number of primary sulfonamides is 1. The number of nitrogens with one attached hydrogen (secondary N) is 1. The molecule has 18 heavy (non-hydrogen) atoms. The van der Waals surface area contributed by atoms with E-state index >= 15 is 0 Å². The normalized spacial score (nSPS) is 26.4. The maximum Gasteiger partial charge on any atom is 0.238 e. The molecular formula is C12H19N3O2S. The van der Waals surface area contributed by atoms with Gasteiger partial charge in [-0.1, -0.05) is 13.8 Å². The minimum Gasteiger partial charge on any atom is -0.382 e. The number of hydrogen-bond donors (Lipinski definition) is 3. The van der Waals surface area contributed by atoms with Crippen LogP contribution in [0.4, 0.5) is 5.69 Å². The zero-order chi connectivity index (χ0) is 13.6. The molecule has 0 spiro atoms. The van der Waals surface area contributed by atoms with Crippen LogP contribution in [0.5, 0.6) is 0 Å². The lowest BCUT2D eigenvalue weighted by molar-refractivity contribution is 0.117. The fourth-order valence-electron chi connectivity index (χ4n) is 2.15. The molecule has 2 atom stereocenters. The lowest BCUT2D eigenvalue weighted by Crippen LogP contribution is -2.61. The highest BCUT2D eigenvalue weighted by molar-refractivity contribution is 7.89. The quantitative estimate of drug-likeness (QED) is 0.758. The molecule has 5 nitrogen and oxygen atoms in total. The van der Waals surface area contributed by atoms with Gasteiger partial charge in [0, 0.05) is 23.2 Å². The van der Waals surface area contributed by atoms with Gasteiger partial charge in [-0.15, -0.1) is 0 Å². The van der Waals surface area contributed by atoms with E-state index in [-0.39, 0.29) is 16.4 Å². The largest absolute Gasteiger partial charge is 0.382 e. The summed E-state index contributed by atoms with van der Waals surface area (Å²) in [6, 6.07) is 6.97. The van der Waals surface area contributed by atoms with Crippen molar-refractivity contribution in [2.75, 3.05) is 5.32 Å². The minimum atomic E-state index is -3.62. The Morgan fingerprint density at radius 2 is 1.83 bits per heavy atom. The van der Waals surface area contributed by atoms with Gasteiger partial charge in [-0.2, -0.15) is 0 Å². The summed E-state index contributed by atoms with van der Waals surface area (Å²) >= 11 is 0. The van der Waals surface area contributed by atoms with Gasteiger partial charge in [-0.05, 0) is 30.7 Å². The molecule has 1 saturated carbocycles. The van der Waals surface area contributed by atoms with E-state index in [4.69, 9.17) is 10.9 Å². The van der Waals surface area contributed by atoms with E-state index in [9.17, 15) is 8.42 Å². The Kier molecular flexibility index (Phi) is 3.12. The van der Waals surface area contributed by atoms with Crippen LogP contribution in [0.1, 0.15) is 20.3 Å². The molecule has 2 unspecified atom stereocenters. The fraction of sp³-hybridized carbons (Fsp3) is 0.500. The smallest absolute Gasteiger partial charge is 0.238 e. The molecule has 0 amide bonds. The first-order valence-corrected chi connectivity index (χ1v) is 7.41. The molecule has 0 bridgehead atoms. The topological polar surface area (TPSA) is 98.2 Å². The highest BCUT2D eigenvalue weighted by Crippen LogP contribution is 2.40. The lowest BCUT2D eigenvalue weighted by atomic mass is 9.63. The zero-order valence-corrected chi connectivity index (χ0v) is 11.4. The van der Waals surface area contributed by atoms with Crippen molar-refractivity contribution in [1.29, 1.82) is 0 Å². The summed E-state index contributed by atoms with van der Waals surface area (Å²) in [5.41, 5.74) is 6.88. The van der Waals surface area contributed by atoms with Crippen molar-refractivity contribution in [2.45, 2.75) is 37.2 Å². The van der Waals surface area contributed by atoms with Gasteiger partial charge in [-0.25, -0.2) is 13.6 Å². The molecule has 1 fully saturated rings. The van der Waals surface area contributed by atoms with Crippen LogP contribution in [0.15, 0.2) is 29.2 Å². The van der Waals surface area contributed by atoms with Crippen molar-refractivity contribution < 1.29 is 8.42 Å². The predicted molar refractivity (Wildman–Crippen MR) is 71.6 cm³/mol. The van der Waals surface area contributed by atoms with Crippen molar-refractivity contribution in [2.24, 2.45) is 16.3 Å². The molecule has 1 aliphatic rings. The van der Waals surface area contributed by atoms with Gasteiger partial charge in [-0.3, -0.25) is 0 Å². The Morgan fingerprint density at radius 1 is 1.28 bits per heavy atom. The molecule has 0 heterocycles. The highest BCUT2D eigenvalue weighted by Gasteiger charge is 2.45. The third-order valence-corrected chi connectivity index (χ3v) is 4.80. The Morgan fingerprint density at radius 3 is 2.22 bits per heavy atom. The Hall–Kier alpha value is -1.11. The van der Waals surface area contributed by atoms with Gasteiger partial charge in [0.25, 0.3) is 0 Å². The first-order valence-electron chi connectivity index (χ1n) is 5.86. The summed E-state index contributed by atoms with van der Waals surface area (Å²) in [5.74, 6) is 0. The molecule has 0 radical (unpaired) electrons. The Labute approximate surface area is 108 Å². The van der Waals surface area contributed by atoms with Crippen LogP contribution < -0.4 is 16.2 Å². The second-order valence-electron chi connectivity index (χ2n) is 5.43. The van der Waals surface area contributed by atoms with Crippen LogP contribution >= 0.6 is 0 Å². The van der Waals surface area contributed by atoms with E-state index in [2.05, 4.69) is 19.2 Å². The summed E-state index contributed by atoms with van der Waals surface area (Å²) in [6.07, 6.45) is 0.921. The van der Waals surface area contributed by atoms with Crippen molar-refractivity contribution >= 4 is 15.7 Å². The van der Waals surface area contributed by atoms with Gasteiger partial charge in [0.05, 0.1) is 4.90 Å². The van der Waals surface area contributed by atoms with E-state index in [0.29, 0.717) is 6.04 Å². The van der Waals surface area contributed by atoms with Crippen LogP contribution in [-0.2, 0) is 10.0 Å². The molecule has 0 aliphatic heterocycles. The van der Waals surface area contributed by atoms with Gasteiger partial charge >= 0.3 is 0 Å². The molecule has 2 rings (SSSR count). The number of anilines is 1. The van der Waals surface area contributed by atoms with E-state index in [1.54, 1.807) is 12.1 Å². The monoisotopic (exact) mass is 269 g/mol. The van der Waals surface area contributed by atoms with Crippen molar-refractivity contribution in [1.82, 2.24) is 0 Å². The summed E-state index contributed by atoms with van der Waals surface area (Å²) in [6.45, 7) is 4.25. The average molecular weight is 269 g/mol. The van der Waals surface area contributed by atoms with Crippen molar-refractivity contribution in [3.8, 4) is 0 Å². The van der Waals surface area contributed by atoms with E-state index in [1.165, 1.54) is 12.1 Å². The Balaban J connectivity index is 2.09. The first kappa shape index (κ1) is 13.3. The predicted octanol–water partition coefficient (Wildman–Crippen LogP) is 0.872. The molecule has 1 aromatic rings. The SMILES string of the molecule is CC1(C)C(N)CC1Nc1ccc(S(N)(=O)=O)cc1. The second-order valence-corrected chi connectivity index (χ2v) is 6.99. The summed E-state index contributed by atoms with van der Waals surface area (Å²) in [4.78, 5) is 0.123. The average Bonchev–Trinajstić information content (AvgIpc) is 2.28. The van der Waals surface area contributed by atoms with E-state index in [1.807, 2.05) is 0 Å². The number of rotatable bonds is 3. The lowest BCUT2D eigenvalue weighted by Gasteiger charge is -2.51. The maximum atomic E-state index is 11.1. The number of benzene rings is 1. The fourth-order valence-corrected chi connectivity index (χ4v) is 2.66. The second kappa shape index (κ2) is 4.22. The van der Waals surface area contributed by atoms with E-state index in [0.717, 1.165) is 12.1 Å².